The molecule has 0 saturated heterocycles. The zero-order valence-corrected chi connectivity index (χ0v) is 42.1. The van der Waals surface area contributed by atoms with E-state index in [9.17, 15) is 77.1 Å². The van der Waals surface area contributed by atoms with Gasteiger partial charge in [0.2, 0.25) is 0 Å². The van der Waals surface area contributed by atoms with E-state index in [0.717, 1.165) is 44.9 Å². The van der Waals surface area contributed by atoms with Crippen molar-refractivity contribution in [1.29, 1.82) is 0 Å². The van der Waals surface area contributed by atoms with E-state index in [1.807, 2.05) is 13.8 Å². The van der Waals surface area contributed by atoms with Crippen LogP contribution in [-0.2, 0) is 57.2 Å². The smallest absolute Gasteiger partial charge is 0.456 e. The summed E-state index contributed by atoms with van der Waals surface area (Å²) in [5.74, 6) is -9.98. The lowest BCUT2D eigenvalue weighted by molar-refractivity contribution is -0.294. The summed E-state index contributed by atoms with van der Waals surface area (Å²) >= 11 is 0. The van der Waals surface area contributed by atoms with Gasteiger partial charge in [-0.3, -0.25) is 28.8 Å². The molecule has 0 aliphatic heterocycles. The second-order valence-corrected chi connectivity index (χ2v) is 20.2. The summed E-state index contributed by atoms with van der Waals surface area (Å²) in [5.41, 5.74) is -4.75. The summed E-state index contributed by atoms with van der Waals surface area (Å²) < 4.78 is 164. The normalized spacial score (nSPS) is 18.6. The quantitative estimate of drug-likeness (QED) is 0.0686. The first-order chi connectivity index (χ1) is 32.4. The molecule has 3 saturated carbocycles. The van der Waals surface area contributed by atoms with Gasteiger partial charge in [-0.1, -0.05) is 47.0 Å². The van der Waals surface area contributed by atoms with Gasteiger partial charge in [-0.2, -0.15) is 48.3 Å². The van der Waals surface area contributed by atoms with Crippen LogP contribution in [0.5, 0.6) is 0 Å². The summed E-state index contributed by atoms with van der Waals surface area (Å²) in [5, 5.41) is 0. The van der Waals surface area contributed by atoms with E-state index in [1.165, 1.54) is 0 Å². The van der Waals surface area contributed by atoms with Crippen LogP contribution in [0.2, 0.25) is 0 Å². The van der Waals surface area contributed by atoms with Gasteiger partial charge in [0, 0.05) is 0 Å². The highest BCUT2D eigenvalue weighted by Gasteiger charge is 2.58. The summed E-state index contributed by atoms with van der Waals surface area (Å²) in [4.78, 5) is 72.0. The SMILES string of the molecule is CCC(C)(C)C(=O)OC1(CC(=O)OCC(F)(F)C(F)(F)F)CCCCC1.CCC(C)(C)C(=O)OC1(CC(=O)OCC(F)(F)F)CCCCC1.CCC(C)C(=O)OC1(CC(=O)OCC(F)(F)F)CCCCC1. The van der Waals surface area contributed by atoms with Crippen LogP contribution in [0.4, 0.5) is 48.3 Å². The minimum absolute atomic E-state index is 0.301. The monoisotopic (exact) mass is 1050 g/mol. The molecule has 0 amide bonds. The van der Waals surface area contributed by atoms with Crippen molar-refractivity contribution in [2.75, 3.05) is 19.8 Å². The lowest BCUT2D eigenvalue weighted by atomic mass is 9.81. The number of alkyl halides is 11. The lowest BCUT2D eigenvalue weighted by Crippen LogP contribution is -2.45. The molecule has 1 atom stereocenters. The number of hydrogen-bond donors (Lipinski definition) is 0. The molecule has 0 N–H and O–H groups in total. The first-order valence-corrected chi connectivity index (χ1v) is 24.2. The molecule has 0 bridgehead atoms. The molecule has 3 fully saturated rings. The van der Waals surface area contributed by atoms with Crippen LogP contribution in [0.15, 0.2) is 0 Å². The number of carbonyl (C=O) groups excluding carboxylic acids is 6. The molecule has 3 aliphatic carbocycles. The lowest BCUT2D eigenvalue weighted by Gasteiger charge is -2.38. The highest BCUT2D eigenvalue weighted by Crippen LogP contribution is 2.41. The first kappa shape index (κ1) is 65.1. The van der Waals surface area contributed by atoms with E-state index in [-0.39, 0.29) is 18.8 Å². The van der Waals surface area contributed by atoms with Crippen molar-refractivity contribution >= 4 is 35.8 Å². The molecule has 0 radical (unpaired) electrons. The van der Waals surface area contributed by atoms with Crippen LogP contribution in [0, 0.1) is 16.7 Å². The van der Waals surface area contributed by atoms with Crippen LogP contribution in [0.3, 0.4) is 0 Å². The van der Waals surface area contributed by atoms with Crippen LogP contribution >= 0.6 is 0 Å². The molecule has 23 heteroatoms. The Hall–Kier alpha value is -3.95. The summed E-state index contributed by atoms with van der Waals surface area (Å²) in [6.45, 7) is 8.74. The number of esters is 6. The summed E-state index contributed by atoms with van der Waals surface area (Å²) in [6, 6.07) is 0. The average Bonchev–Trinajstić information content (AvgIpc) is 3.27. The van der Waals surface area contributed by atoms with Gasteiger partial charge in [-0.15, -0.1) is 0 Å². The Balaban J connectivity index is 0.000000535. The van der Waals surface area contributed by atoms with Gasteiger partial charge in [0.1, 0.15) is 16.8 Å². The second kappa shape index (κ2) is 27.4. The molecule has 414 valence electrons. The van der Waals surface area contributed by atoms with Crippen LogP contribution in [-0.4, -0.2) is 96.9 Å². The molecule has 3 rings (SSSR count). The number of hydrogen-bond acceptors (Lipinski definition) is 12. The van der Waals surface area contributed by atoms with Crippen LogP contribution in [0.1, 0.15) is 190 Å². The fourth-order valence-corrected chi connectivity index (χ4v) is 7.49. The average molecular weight is 1050 g/mol. The second-order valence-electron chi connectivity index (χ2n) is 20.2. The largest absolute Gasteiger partial charge is 0.459 e. The highest BCUT2D eigenvalue weighted by molar-refractivity contribution is 5.78. The molecule has 0 aromatic carbocycles. The third kappa shape index (κ3) is 23.6. The highest BCUT2D eigenvalue weighted by atomic mass is 19.4. The van der Waals surface area contributed by atoms with Crippen molar-refractivity contribution in [3.63, 3.8) is 0 Å². The van der Waals surface area contributed by atoms with Gasteiger partial charge in [-0.05, 0) is 124 Å². The Morgan fingerprint density at radius 2 is 0.732 bits per heavy atom. The van der Waals surface area contributed by atoms with E-state index in [4.69, 9.17) is 14.2 Å². The van der Waals surface area contributed by atoms with E-state index in [2.05, 4.69) is 14.2 Å². The maximum atomic E-state index is 12.9. The van der Waals surface area contributed by atoms with Crippen molar-refractivity contribution in [3.8, 4) is 0 Å². The molecule has 1 unspecified atom stereocenters. The fourth-order valence-electron chi connectivity index (χ4n) is 7.49. The molecule has 0 spiro atoms. The van der Waals surface area contributed by atoms with Crippen molar-refractivity contribution in [2.45, 2.75) is 231 Å². The van der Waals surface area contributed by atoms with Crippen LogP contribution < -0.4 is 0 Å². The molecular weight excluding hydrogens is 977 g/mol. The minimum atomic E-state index is -5.80. The zero-order chi connectivity index (χ0) is 54.8. The Bertz CT molecular complexity index is 1710. The summed E-state index contributed by atoms with van der Waals surface area (Å²) in [7, 11) is 0. The van der Waals surface area contributed by atoms with E-state index in [0.29, 0.717) is 70.6 Å². The van der Waals surface area contributed by atoms with Gasteiger partial charge in [0.25, 0.3) is 0 Å². The third-order valence-electron chi connectivity index (χ3n) is 13.1. The van der Waals surface area contributed by atoms with Gasteiger partial charge < -0.3 is 28.4 Å². The Morgan fingerprint density at radius 3 is 0.986 bits per heavy atom. The number of ether oxygens (including phenoxy) is 6. The molecular formula is C48H73F11O12. The van der Waals surface area contributed by atoms with Crippen LogP contribution in [0.25, 0.3) is 0 Å². The Labute approximate surface area is 408 Å². The molecule has 0 aromatic rings. The van der Waals surface area contributed by atoms with E-state index < -0.39 is 114 Å². The minimum Gasteiger partial charge on any atom is -0.459 e. The number of carbonyl (C=O) groups is 6. The molecule has 0 heterocycles. The molecule has 3 aliphatic rings. The molecule has 71 heavy (non-hydrogen) atoms. The fraction of sp³-hybridized carbons (Fsp3) is 0.875. The van der Waals surface area contributed by atoms with Crippen molar-refractivity contribution < 1.29 is 105 Å². The zero-order valence-electron chi connectivity index (χ0n) is 42.1. The number of halogens is 11. The number of rotatable bonds is 19. The van der Waals surface area contributed by atoms with Gasteiger partial charge >= 0.3 is 60.3 Å². The molecule has 0 aromatic heterocycles. The maximum Gasteiger partial charge on any atom is 0.456 e. The van der Waals surface area contributed by atoms with Crippen molar-refractivity contribution in [3.05, 3.63) is 0 Å². The van der Waals surface area contributed by atoms with E-state index >= 15 is 0 Å². The van der Waals surface area contributed by atoms with E-state index in [1.54, 1.807) is 41.5 Å². The van der Waals surface area contributed by atoms with Gasteiger partial charge in [-0.25, -0.2) is 0 Å². The Kier molecular flexibility index (Phi) is 25.1. The standard InChI is InChI=1S/C17H25F5O4.C16H25F3O4.C15H23F3O4/c1-4-14(2,3)13(24)26-15(8-6-5-7-9-15)10-12(23)25-11-16(18,19)17(20,21)22;1-4-14(2,3)13(21)23-15(8-6-5-7-9-15)10-12(20)22-11-16(17,18)19;1-3-11(2)13(20)22-14(7-5-4-6-8-14)9-12(19)21-10-15(16,17)18/h4-11H2,1-3H3;4-11H2,1-3H3;11H,3-10H2,1-2H3. The third-order valence-corrected chi connectivity index (χ3v) is 13.1. The van der Waals surface area contributed by atoms with Crippen molar-refractivity contribution in [1.82, 2.24) is 0 Å². The Morgan fingerprint density at radius 1 is 0.451 bits per heavy atom. The topological polar surface area (TPSA) is 158 Å². The van der Waals surface area contributed by atoms with Gasteiger partial charge in [0.05, 0.1) is 36.0 Å². The maximum absolute atomic E-state index is 12.9. The van der Waals surface area contributed by atoms with Crippen molar-refractivity contribution in [2.24, 2.45) is 16.7 Å². The first-order valence-electron chi connectivity index (χ1n) is 24.2. The molecule has 12 nitrogen and oxygen atoms in total. The predicted octanol–water partition coefficient (Wildman–Crippen LogP) is 12.7. The predicted molar refractivity (Wildman–Crippen MR) is 233 cm³/mol. The van der Waals surface area contributed by atoms with Gasteiger partial charge in [0.15, 0.2) is 19.8 Å². The summed E-state index contributed by atoms with van der Waals surface area (Å²) in [6.07, 6.45) is -4.65.